The summed E-state index contributed by atoms with van der Waals surface area (Å²) in [5.74, 6) is 1.49. The SMILES string of the molecule is CCCCC/C=C\C/C=C\CCCCCCC/C=C/C(=O)N(C)c1cccc2c1OC(c1nnn[nH]1)CO2. The van der Waals surface area contributed by atoms with E-state index in [1.165, 1.54) is 57.8 Å². The van der Waals surface area contributed by atoms with Crippen molar-refractivity contribution in [2.24, 2.45) is 0 Å². The summed E-state index contributed by atoms with van der Waals surface area (Å²) in [6.07, 6.45) is 26.6. The third-order valence-corrected chi connectivity index (χ3v) is 6.55. The van der Waals surface area contributed by atoms with E-state index >= 15 is 0 Å². The van der Waals surface area contributed by atoms with Gasteiger partial charge in [0.25, 0.3) is 0 Å². The molecule has 0 aliphatic carbocycles. The van der Waals surface area contributed by atoms with Crippen LogP contribution in [-0.2, 0) is 4.79 Å². The highest BCUT2D eigenvalue weighted by Crippen LogP contribution is 2.42. The van der Waals surface area contributed by atoms with Gasteiger partial charge in [0.1, 0.15) is 6.61 Å². The highest BCUT2D eigenvalue weighted by molar-refractivity contribution is 6.02. The minimum Gasteiger partial charge on any atom is -0.485 e. The zero-order chi connectivity index (χ0) is 26.8. The van der Waals surface area contributed by atoms with Gasteiger partial charge in [0.2, 0.25) is 5.91 Å². The van der Waals surface area contributed by atoms with E-state index in [1.54, 1.807) is 18.0 Å². The highest BCUT2D eigenvalue weighted by atomic mass is 16.6. The molecule has 2 aromatic rings. The van der Waals surface area contributed by atoms with Gasteiger partial charge in [0.15, 0.2) is 23.4 Å². The normalized spacial score (nSPS) is 15.2. The average molecular weight is 522 g/mol. The molecule has 1 unspecified atom stereocenters. The molecule has 0 saturated heterocycles. The van der Waals surface area contributed by atoms with Gasteiger partial charge in [-0.15, -0.1) is 5.10 Å². The fourth-order valence-electron chi connectivity index (χ4n) is 4.27. The topological polar surface area (TPSA) is 93.2 Å². The van der Waals surface area contributed by atoms with Crippen LogP contribution >= 0.6 is 0 Å². The third kappa shape index (κ3) is 9.80. The van der Waals surface area contributed by atoms with Gasteiger partial charge < -0.3 is 14.4 Å². The van der Waals surface area contributed by atoms with Crippen LogP contribution in [0.5, 0.6) is 11.5 Å². The summed E-state index contributed by atoms with van der Waals surface area (Å²) in [6, 6.07) is 5.52. The maximum Gasteiger partial charge on any atom is 0.250 e. The molecule has 1 aliphatic heterocycles. The molecule has 8 nitrogen and oxygen atoms in total. The molecule has 8 heteroatoms. The smallest absolute Gasteiger partial charge is 0.250 e. The van der Waals surface area contributed by atoms with Gasteiger partial charge in [-0.3, -0.25) is 4.79 Å². The Bertz CT molecular complexity index is 1030. The second-order valence-electron chi connectivity index (χ2n) is 9.63. The second kappa shape index (κ2) is 17.2. The standard InChI is InChI=1S/C30H43N5O3/c1-3-4-5-6-7-8-9-10-11-12-13-14-15-16-17-18-19-23-28(36)35(2)25-21-20-22-26-29(25)38-27(24-37-26)30-31-33-34-32-30/h7-8,10-11,19-23,27H,3-6,9,12-18,24H2,1-2H3,(H,31,32,33,34)/b8-7-,11-10-,23-19+. The van der Waals surface area contributed by atoms with Gasteiger partial charge in [-0.25, -0.2) is 5.10 Å². The number of ether oxygens (including phenoxy) is 2. The van der Waals surface area contributed by atoms with Gasteiger partial charge in [-0.2, -0.15) is 0 Å². The third-order valence-electron chi connectivity index (χ3n) is 6.55. The van der Waals surface area contributed by atoms with E-state index in [4.69, 9.17) is 9.47 Å². The first kappa shape index (κ1) is 29.1. The van der Waals surface area contributed by atoms with E-state index in [9.17, 15) is 4.79 Å². The van der Waals surface area contributed by atoms with Crippen molar-refractivity contribution < 1.29 is 14.3 Å². The van der Waals surface area contributed by atoms with Crippen LogP contribution < -0.4 is 14.4 Å². The van der Waals surface area contributed by atoms with Crippen molar-refractivity contribution in [3.05, 3.63) is 60.5 Å². The number of nitrogens with one attached hydrogen (secondary N) is 1. The molecule has 0 saturated carbocycles. The number of aromatic nitrogens is 4. The Hall–Kier alpha value is -3.42. The Labute approximate surface area is 227 Å². The number of para-hydroxylation sites is 1. The van der Waals surface area contributed by atoms with Crippen LogP contribution in [-0.4, -0.2) is 40.2 Å². The first-order valence-corrected chi connectivity index (χ1v) is 14.1. The van der Waals surface area contributed by atoms with Crippen LogP contribution in [0.25, 0.3) is 0 Å². The molecule has 1 aromatic carbocycles. The predicted molar refractivity (Wildman–Crippen MR) is 151 cm³/mol. The number of H-pyrrole nitrogens is 1. The maximum atomic E-state index is 12.8. The van der Waals surface area contributed by atoms with Crippen LogP contribution in [0.2, 0.25) is 0 Å². The van der Waals surface area contributed by atoms with Gasteiger partial charge in [-0.05, 0) is 73.6 Å². The van der Waals surface area contributed by atoms with Crippen molar-refractivity contribution in [1.82, 2.24) is 20.6 Å². The highest BCUT2D eigenvalue weighted by Gasteiger charge is 2.29. The quantitative estimate of drug-likeness (QED) is 0.136. The molecule has 38 heavy (non-hydrogen) atoms. The molecule has 0 fully saturated rings. The summed E-state index contributed by atoms with van der Waals surface area (Å²) in [7, 11) is 1.74. The summed E-state index contributed by atoms with van der Waals surface area (Å²) in [6.45, 7) is 2.53. The minimum absolute atomic E-state index is 0.104. The molecule has 0 spiro atoms. The van der Waals surface area contributed by atoms with Crippen molar-refractivity contribution in [1.29, 1.82) is 0 Å². The number of fused-ring (bicyclic) bond motifs is 1. The van der Waals surface area contributed by atoms with E-state index in [1.807, 2.05) is 24.3 Å². The zero-order valence-corrected chi connectivity index (χ0v) is 23.0. The molecular weight excluding hydrogens is 478 g/mol. The molecule has 0 radical (unpaired) electrons. The summed E-state index contributed by atoms with van der Waals surface area (Å²) in [5.41, 5.74) is 0.645. The lowest BCUT2D eigenvalue weighted by Gasteiger charge is -2.28. The van der Waals surface area contributed by atoms with E-state index < -0.39 is 6.10 Å². The maximum absolute atomic E-state index is 12.8. The molecule has 1 aromatic heterocycles. The van der Waals surface area contributed by atoms with Crippen LogP contribution in [0.3, 0.4) is 0 Å². The molecule has 1 atom stereocenters. The van der Waals surface area contributed by atoms with Crippen molar-refractivity contribution >= 4 is 11.6 Å². The summed E-state index contributed by atoms with van der Waals surface area (Å²) in [4.78, 5) is 14.4. The van der Waals surface area contributed by atoms with Crippen LogP contribution in [0.15, 0.2) is 54.7 Å². The lowest BCUT2D eigenvalue weighted by molar-refractivity contribution is -0.113. The van der Waals surface area contributed by atoms with E-state index in [-0.39, 0.29) is 5.91 Å². The molecule has 1 N–H and O–H groups in total. The number of allylic oxidation sites excluding steroid dienone is 5. The molecule has 2 heterocycles. The number of amides is 1. The molecular formula is C30H43N5O3. The summed E-state index contributed by atoms with van der Waals surface area (Å²) < 4.78 is 11.9. The Balaban J connectivity index is 1.29. The largest absolute Gasteiger partial charge is 0.485 e. The number of anilines is 1. The van der Waals surface area contributed by atoms with Gasteiger partial charge in [-0.1, -0.05) is 75.5 Å². The lowest BCUT2D eigenvalue weighted by Crippen LogP contribution is -2.28. The number of benzene rings is 1. The molecule has 0 bridgehead atoms. The summed E-state index contributed by atoms with van der Waals surface area (Å²) >= 11 is 0. The predicted octanol–water partition coefficient (Wildman–Crippen LogP) is 7.04. The van der Waals surface area contributed by atoms with Crippen LogP contribution in [0.4, 0.5) is 5.69 Å². The first-order valence-electron chi connectivity index (χ1n) is 14.1. The monoisotopic (exact) mass is 521 g/mol. The number of unbranched alkanes of at least 4 members (excludes halogenated alkanes) is 9. The van der Waals surface area contributed by atoms with Gasteiger partial charge in [0, 0.05) is 7.05 Å². The van der Waals surface area contributed by atoms with Crippen LogP contribution in [0, 0.1) is 0 Å². The van der Waals surface area contributed by atoms with E-state index in [0.29, 0.717) is 29.6 Å². The fourth-order valence-corrected chi connectivity index (χ4v) is 4.27. The lowest BCUT2D eigenvalue weighted by atomic mass is 10.1. The van der Waals surface area contributed by atoms with Crippen molar-refractivity contribution in [3.8, 4) is 11.5 Å². The number of hydrogen-bond donors (Lipinski definition) is 1. The molecule has 1 amide bonds. The van der Waals surface area contributed by atoms with Gasteiger partial charge >= 0.3 is 0 Å². The van der Waals surface area contributed by atoms with Crippen molar-refractivity contribution in [2.75, 3.05) is 18.6 Å². The van der Waals surface area contributed by atoms with Crippen LogP contribution in [0.1, 0.15) is 95.9 Å². The second-order valence-corrected chi connectivity index (χ2v) is 9.63. The number of rotatable bonds is 17. The molecule has 206 valence electrons. The van der Waals surface area contributed by atoms with E-state index in [2.05, 4.69) is 51.9 Å². The van der Waals surface area contributed by atoms with Crippen molar-refractivity contribution in [2.45, 2.75) is 90.1 Å². The number of nitrogens with zero attached hydrogens (tertiary/aromatic N) is 4. The zero-order valence-electron chi connectivity index (χ0n) is 23.0. The Kier molecular flexibility index (Phi) is 13.2. The number of tetrazole rings is 1. The number of aromatic amines is 1. The number of carbonyl (C=O) groups excluding carboxylic acids is 1. The number of hydrogen-bond acceptors (Lipinski definition) is 6. The first-order chi connectivity index (χ1) is 18.7. The van der Waals surface area contributed by atoms with Crippen molar-refractivity contribution in [3.63, 3.8) is 0 Å². The fraction of sp³-hybridized carbons (Fsp3) is 0.533. The number of carbonyl (C=O) groups is 1. The minimum atomic E-state index is -0.462. The Morgan fingerprint density at radius 3 is 2.42 bits per heavy atom. The number of likely N-dealkylation sites (N-methyl/N-ethyl adjacent to an activating group) is 1. The van der Waals surface area contributed by atoms with E-state index in [0.717, 1.165) is 19.3 Å². The Morgan fingerprint density at radius 2 is 1.71 bits per heavy atom. The van der Waals surface area contributed by atoms with Gasteiger partial charge in [0.05, 0.1) is 5.69 Å². The molecule has 1 aliphatic rings. The average Bonchev–Trinajstić information content (AvgIpc) is 3.49. The summed E-state index contributed by atoms with van der Waals surface area (Å²) in [5, 5.41) is 13.8. The Morgan fingerprint density at radius 1 is 1.00 bits per heavy atom. The molecule has 3 rings (SSSR count).